The minimum Gasteiger partial charge on any atom is -0.493 e. The van der Waals surface area contributed by atoms with Gasteiger partial charge in [-0.05, 0) is 74.2 Å². The van der Waals surface area contributed by atoms with E-state index in [0.717, 1.165) is 24.2 Å². The van der Waals surface area contributed by atoms with Gasteiger partial charge >= 0.3 is 5.97 Å². The number of carbonyl (C=O) groups excluding carboxylic acids is 3. The zero-order valence-corrected chi connectivity index (χ0v) is 27.8. The summed E-state index contributed by atoms with van der Waals surface area (Å²) in [6, 6.07) is 18.7. The van der Waals surface area contributed by atoms with Crippen LogP contribution >= 0.6 is 23.2 Å². The van der Waals surface area contributed by atoms with Gasteiger partial charge in [-0.3, -0.25) is 14.4 Å². The van der Waals surface area contributed by atoms with Gasteiger partial charge in [0.15, 0.2) is 11.5 Å². The lowest BCUT2D eigenvalue weighted by molar-refractivity contribution is -0.132. The summed E-state index contributed by atoms with van der Waals surface area (Å²) >= 11 is 12.8. The first-order valence-corrected chi connectivity index (χ1v) is 16.1. The second-order valence-electron chi connectivity index (χ2n) is 11.9. The van der Waals surface area contributed by atoms with E-state index in [1.54, 1.807) is 23.1 Å². The number of halogens is 2. The molecule has 46 heavy (non-hydrogen) atoms. The van der Waals surface area contributed by atoms with Crippen LogP contribution in [0.25, 0.3) is 0 Å². The van der Waals surface area contributed by atoms with Crippen LogP contribution in [0.2, 0.25) is 10.0 Å². The molecule has 0 aliphatic carbocycles. The van der Waals surface area contributed by atoms with Crippen LogP contribution in [-0.2, 0) is 20.4 Å². The topological polar surface area (TPSA) is 106 Å². The Morgan fingerprint density at radius 2 is 1.57 bits per heavy atom. The molecule has 3 aromatic carbocycles. The van der Waals surface area contributed by atoms with Crippen molar-refractivity contribution in [3.63, 3.8) is 0 Å². The van der Waals surface area contributed by atoms with Crippen molar-refractivity contribution in [1.29, 1.82) is 0 Å². The van der Waals surface area contributed by atoms with Crippen LogP contribution in [0, 0.1) is 0 Å². The van der Waals surface area contributed by atoms with Crippen LogP contribution in [0.3, 0.4) is 0 Å². The van der Waals surface area contributed by atoms with E-state index in [-0.39, 0.29) is 29.1 Å². The minimum absolute atomic E-state index is 0.0162. The first-order chi connectivity index (χ1) is 22.1. The van der Waals surface area contributed by atoms with E-state index in [4.69, 9.17) is 37.4 Å². The number of hydrogen-bond donors (Lipinski definition) is 2. The first kappa shape index (κ1) is 33.6. The Morgan fingerprint density at radius 3 is 2.17 bits per heavy atom. The number of esters is 1. The van der Waals surface area contributed by atoms with E-state index in [1.165, 1.54) is 21.1 Å². The van der Waals surface area contributed by atoms with Gasteiger partial charge in [-0.15, -0.1) is 0 Å². The van der Waals surface area contributed by atoms with Gasteiger partial charge in [0.1, 0.15) is 0 Å². The third-order valence-corrected chi connectivity index (χ3v) is 9.97. The molecule has 0 saturated carbocycles. The molecule has 9 nitrogen and oxygen atoms in total. The molecule has 244 valence electrons. The number of carbonyl (C=O) groups is 3. The number of hydrogen-bond acceptors (Lipinski definition) is 7. The monoisotopic (exact) mass is 667 g/mol. The molecule has 0 bridgehead atoms. The smallest absolute Gasteiger partial charge is 0.308 e. The number of nitrogens with zero attached hydrogens (tertiary/aromatic N) is 1. The summed E-state index contributed by atoms with van der Waals surface area (Å²) in [5.74, 6) is -0.222. The van der Waals surface area contributed by atoms with Crippen LogP contribution in [0.1, 0.15) is 54.1 Å². The Bertz CT molecular complexity index is 1570. The van der Waals surface area contributed by atoms with Crippen molar-refractivity contribution in [2.24, 2.45) is 0 Å². The van der Waals surface area contributed by atoms with Gasteiger partial charge in [0.25, 0.3) is 5.91 Å². The molecule has 1 atom stereocenters. The molecular weight excluding hydrogens is 629 g/mol. The number of likely N-dealkylation sites (tertiary alicyclic amines) is 1. The summed E-state index contributed by atoms with van der Waals surface area (Å²) in [4.78, 5) is 41.3. The minimum atomic E-state index is -0.600. The number of piperidine rings is 1. The van der Waals surface area contributed by atoms with Gasteiger partial charge in [0.05, 0.1) is 29.7 Å². The number of ether oxygens (including phenoxy) is 3. The SMILES string of the molecule is COc1cc(C(=O)N2CCC(CCNC(=O)C3(c4ccccc4)CCNCC3)(c3ccc(Cl)c(Cl)c3)C2)cc(OC)c1OC(C)=O. The summed E-state index contributed by atoms with van der Waals surface area (Å²) in [6.45, 7) is 4.10. The summed E-state index contributed by atoms with van der Waals surface area (Å²) < 4.78 is 16.2. The van der Waals surface area contributed by atoms with Gasteiger partial charge in [0.2, 0.25) is 11.7 Å². The summed E-state index contributed by atoms with van der Waals surface area (Å²) in [5, 5.41) is 7.52. The normalized spacial score (nSPS) is 18.9. The maximum Gasteiger partial charge on any atom is 0.308 e. The molecule has 2 heterocycles. The highest BCUT2D eigenvalue weighted by molar-refractivity contribution is 6.42. The highest BCUT2D eigenvalue weighted by Crippen LogP contribution is 2.43. The van der Waals surface area contributed by atoms with Gasteiger partial charge in [-0.2, -0.15) is 0 Å². The standard InChI is InChI=1S/C35H39Cl2N3O6/c1-23(41)46-31-29(44-2)19-24(20-30(31)45-3)32(42)40-18-14-34(22-40,26-9-10-27(36)28(37)21-26)11-17-39-33(43)35(12-15-38-16-13-35)25-7-5-4-6-8-25/h4-10,19-21,38H,11-18,22H2,1-3H3,(H,39,43). The average molecular weight is 669 g/mol. The Balaban J connectivity index is 1.39. The maximum atomic E-state index is 13.9. The summed E-state index contributed by atoms with van der Waals surface area (Å²) in [7, 11) is 2.86. The number of benzene rings is 3. The van der Waals surface area contributed by atoms with E-state index < -0.39 is 16.8 Å². The molecule has 2 aliphatic rings. The predicted molar refractivity (Wildman–Crippen MR) is 177 cm³/mol. The largest absolute Gasteiger partial charge is 0.493 e. The fourth-order valence-corrected chi connectivity index (χ4v) is 7.03. The Hall–Kier alpha value is -3.79. The summed E-state index contributed by atoms with van der Waals surface area (Å²) in [5.41, 5.74) is 1.22. The number of rotatable bonds is 10. The van der Waals surface area contributed by atoms with Crippen molar-refractivity contribution >= 4 is 41.0 Å². The number of nitrogens with one attached hydrogen (secondary N) is 2. The third kappa shape index (κ3) is 6.82. The third-order valence-electron chi connectivity index (χ3n) is 9.23. The van der Waals surface area contributed by atoms with E-state index in [1.807, 2.05) is 42.5 Å². The van der Waals surface area contributed by atoms with Crippen molar-refractivity contribution in [1.82, 2.24) is 15.5 Å². The molecular formula is C35H39Cl2N3O6. The summed E-state index contributed by atoms with van der Waals surface area (Å²) in [6.07, 6.45) is 2.67. The van der Waals surface area contributed by atoms with Crippen molar-refractivity contribution in [3.8, 4) is 17.2 Å². The van der Waals surface area contributed by atoms with Gasteiger partial charge < -0.3 is 29.7 Å². The van der Waals surface area contributed by atoms with E-state index >= 15 is 0 Å². The van der Waals surface area contributed by atoms with Crippen molar-refractivity contribution in [2.45, 2.75) is 43.4 Å². The molecule has 3 aromatic rings. The lowest BCUT2D eigenvalue weighted by Crippen LogP contribution is -2.51. The quantitative estimate of drug-likeness (QED) is 0.216. The molecule has 0 radical (unpaired) electrons. The van der Waals surface area contributed by atoms with Crippen LogP contribution in [0.4, 0.5) is 0 Å². The van der Waals surface area contributed by atoms with Gasteiger partial charge in [-0.25, -0.2) is 0 Å². The zero-order valence-electron chi connectivity index (χ0n) is 26.3. The number of amides is 2. The lowest BCUT2D eigenvalue weighted by Gasteiger charge is -2.37. The lowest BCUT2D eigenvalue weighted by atomic mass is 9.72. The molecule has 2 fully saturated rings. The molecule has 11 heteroatoms. The Labute approximate surface area is 279 Å². The fourth-order valence-electron chi connectivity index (χ4n) is 6.73. The van der Waals surface area contributed by atoms with Gasteiger partial charge in [0, 0.05) is 37.5 Å². The Morgan fingerprint density at radius 1 is 0.891 bits per heavy atom. The molecule has 0 spiro atoms. The molecule has 2 N–H and O–H groups in total. The second kappa shape index (κ2) is 14.3. The van der Waals surface area contributed by atoms with Crippen LogP contribution < -0.4 is 24.8 Å². The highest BCUT2D eigenvalue weighted by Gasteiger charge is 2.44. The van der Waals surface area contributed by atoms with Crippen LogP contribution in [-0.4, -0.2) is 69.6 Å². The molecule has 1 unspecified atom stereocenters. The van der Waals surface area contributed by atoms with Crippen molar-refractivity contribution in [3.05, 3.63) is 87.4 Å². The maximum absolute atomic E-state index is 13.9. The van der Waals surface area contributed by atoms with E-state index in [0.29, 0.717) is 60.9 Å². The van der Waals surface area contributed by atoms with E-state index in [9.17, 15) is 14.4 Å². The van der Waals surface area contributed by atoms with Crippen LogP contribution in [0.5, 0.6) is 17.2 Å². The Kier molecular flexibility index (Phi) is 10.5. The average Bonchev–Trinajstić information content (AvgIpc) is 3.51. The molecule has 2 aliphatic heterocycles. The fraction of sp³-hybridized carbons (Fsp3) is 0.400. The van der Waals surface area contributed by atoms with Crippen molar-refractivity contribution < 1.29 is 28.6 Å². The molecule has 2 saturated heterocycles. The zero-order chi connectivity index (χ0) is 32.9. The highest BCUT2D eigenvalue weighted by atomic mass is 35.5. The van der Waals surface area contributed by atoms with Gasteiger partial charge in [-0.1, -0.05) is 59.6 Å². The van der Waals surface area contributed by atoms with E-state index in [2.05, 4.69) is 10.6 Å². The first-order valence-electron chi connectivity index (χ1n) is 15.4. The number of methoxy groups -OCH3 is 2. The molecule has 2 amide bonds. The van der Waals surface area contributed by atoms with Crippen LogP contribution in [0.15, 0.2) is 60.7 Å². The predicted octanol–water partition coefficient (Wildman–Crippen LogP) is 5.55. The molecule has 0 aromatic heterocycles. The second-order valence-corrected chi connectivity index (χ2v) is 12.7. The molecule has 5 rings (SSSR count). The van der Waals surface area contributed by atoms with Crippen molar-refractivity contribution in [2.75, 3.05) is 46.9 Å².